The van der Waals surface area contributed by atoms with Crippen molar-refractivity contribution in [3.63, 3.8) is 0 Å². The first-order valence-corrected chi connectivity index (χ1v) is 14.1. The average Bonchev–Trinajstić information content (AvgIpc) is 3.41. The zero-order chi connectivity index (χ0) is 29.8. The second-order valence-corrected chi connectivity index (χ2v) is 12.4. The molecule has 6 nitrogen and oxygen atoms in total. The van der Waals surface area contributed by atoms with Gasteiger partial charge in [-0.1, -0.05) is 12.1 Å². The first kappa shape index (κ1) is 35.8. The normalized spacial score (nSPS) is 11.5. The molecular formula is C23H22F6O6S2Zr. The van der Waals surface area contributed by atoms with E-state index in [1.54, 1.807) is 24.2 Å². The van der Waals surface area contributed by atoms with Gasteiger partial charge in [-0.25, -0.2) is 0 Å². The van der Waals surface area contributed by atoms with Crippen LogP contribution in [0.3, 0.4) is 0 Å². The smallest absolute Gasteiger partial charge is 0.279 e. The molecule has 208 valence electrons. The maximum Gasteiger partial charge on any atom is 0.522 e. The van der Waals surface area contributed by atoms with E-state index in [2.05, 4.69) is 98.8 Å². The topological polar surface area (TPSA) is 109 Å². The van der Waals surface area contributed by atoms with Gasteiger partial charge in [-0.3, -0.25) is 9.11 Å². The van der Waals surface area contributed by atoms with Crippen molar-refractivity contribution in [1.29, 1.82) is 0 Å². The van der Waals surface area contributed by atoms with Gasteiger partial charge in [-0.2, -0.15) is 78.2 Å². The maximum atomic E-state index is 10.7. The van der Waals surface area contributed by atoms with Crippen LogP contribution < -0.4 is 0 Å². The molecule has 15 heteroatoms. The minimum Gasteiger partial charge on any atom is -0.279 e. The summed E-state index contributed by atoms with van der Waals surface area (Å²) in [4.78, 5) is 0. The zero-order valence-corrected chi connectivity index (χ0v) is 23.8. The van der Waals surface area contributed by atoms with Crippen LogP contribution in [-0.4, -0.2) is 40.2 Å². The van der Waals surface area contributed by atoms with Gasteiger partial charge in [-0.15, -0.1) is 59.3 Å². The fraction of sp³-hybridized carbons (Fsp3) is 0.174. The second-order valence-electron chi connectivity index (χ2n) is 7.15. The summed E-state index contributed by atoms with van der Waals surface area (Å²) in [7, 11) is -11.7. The van der Waals surface area contributed by atoms with Crippen LogP contribution in [0.4, 0.5) is 26.3 Å². The number of alkyl halides is 6. The predicted molar refractivity (Wildman–Crippen MR) is 131 cm³/mol. The Labute approximate surface area is 230 Å². The molecule has 0 spiro atoms. The molecule has 0 saturated carbocycles. The van der Waals surface area contributed by atoms with E-state index in [1.807, 2.05) is 0 Å². The van der Waals surface area contributed by atoms with Crippen molar-refractivity contribution in [2.75, 3.05) is 0 Å². The number of hydrogen-bond acceptors (Lipinski definition) is 4. The fourth-order valence-corrected chi connectivity index (χ4v) is 2.14. The van der Waals surface area contributed by atoms with Crippen molar-refractivity contribution < 1.29 is 76.5 Å². The monoisotopic (exact) mass is 662 g/mol. The van der Waals surface area contributed by atoms with Gasteiger partial charge < -0.3 is 0 Å². The quantitative estimate of drug-likeness (QED) is 0.0944. The molecule has 0 unspecified atom stereocenters. The number of benzene rings is 2. The van der Waals surface area contributed by atoms with Gasteiger partial charge in [0.1, 0.15) is 0 Å². The zero-order valence-electron chi connectivity index (χ0n) is 19.7. The SMILES string of the molecule is C[C](C)=[Zr+2].O=S(=O)(O)C(F)(F)F.O=S(=O)(O)C(F)(F)F.c1ccc2[cH-]ccc2c1.c1ccc2[cH-]ccc2c1. The van der Waals surface area contributed by atoms with Gasteiger partial charge in [0.15, 0.2) is 0 Å². The molecular weight excluding hydrogens is 642 g/mol. The Bertz CT molecular complexity index is 1320. The summed E-state index contributed by atoms with van der Waals surface area (Å²) in [6.07, 6.45) is 0. The van der Waals surface area contributed by atoms with Crippen LogP contribution in [-0.2, 0) is 44.5 Å². The molecule has 0 saturated heterocycles. The minimum absolute atomic E-state index is 1.33. The molecule has 0 bridgehead atoms. The molecule has 0 heterocycles. The van der Waals surface area contributed by atoms with Crippen molar-refractivity contribution in [1.82, 2.24) is 0 Å². The van der Waals surface area contributed by atoms with Crippen LogP contribution in [0.25, 0.3) is 21.5 Å². The molecule has 4 aromatic rings. The Hall–Kier alpha value is -2.19. The van der Waals surface area contributed by atoms with Crippen molar-refractivity contribution in [3.8, 4) is 0 Å². The van der Waals surface area contributed by atoms with E-state index in [0.29, 0.717) is 0 Å². The molecule has 0 amide bonds. The molecule has 0 fully saturated rings. The summed E-state index contributed by atoms with van der Waals surface area (Å²) in [5.41, 5.74) is -11.1. The maximum absolute atomic E-state index is 10.7. The van der Waals surface area contributed by atoms with Crippen LogP contribution in [0.15, 0.2) is 84.9 Å². The van der Waals surface area contributed by atoms with Gasteiger partial charge in [0.25, 0.3) is 0 Å². The van der Waals surface area contributed by atoms with Crippen LogP contribution in [0.2, 0.25) is 0 Å². The van der Waals surface area contributed by atoms with Crippen LogP contribution in [0, 0.1) is 0 Å². The van der Waals surface area contributed by atoms with E-state index in [-0.39, 0.29) is 0 Å². The molecule has 0 aliphatic carbocycles. The number of rotatable bonds is 0. The molecule has 4 rings (SSSR count). The Balaban J connectivity index is 0.000000460. The number of hydrogen-bond donors (Lipinski definition) is 2. The Kier molecular flexibility index (Phi) is 14.5. The molecule has 0 radical (unpaired) electrons. The summed E-state index contributed by atoms with van der Waals surface area (Å²) in [5.74, 6) is 0. The third-order valence-corrected chi connectivity index (χ3v) is 4.85. The van der Waals surface area contributed by atoms with E-state index < -0.39 is 31.3 Å². The minimum atomic E-state index is -5.84. The largest absolute Gasteiger partial charge is 0.522 e. The molecule has 0 aromatic heterocycles. The molecule has 0 aliphatic heterocycles. The van der Waals surface area contributed by atoms with Gasteiger partial charge in [0, 0.05) is 0 Å². The molecule has 4 aromatic carbocycles. The Morgan fingerprint density at radius 3 is 1.11 bits per heavy atom. The molecule has 0 aliphatic rings. The van der Waals surface area contributed by atoms with Gasteiger partial charge in [-0.05, 0) is 0 Å². The summed E-state index contributed by atoms with van der Waals surface area (Å²) < 4.78 is 117. The third kappa shape index (κ3) is 14.7. The van der Waals surface area contributed by atoms with E-state index in [9.17, 15) is 26.3 Å². The van der Waals surface area contributed by atoms with Gasteiger partial charge >= 0.3 is 72.5 Å². The first-order chi connectivity index (χ1) is 17.2. The Morgan fingerprint density at radius 1 is 0.658 bits per heavy atom. The summed E-state index contributed by atoms with van der Waals surface area (Å²) >= 11 is 1.55. The summed E-state index contributed by atoms with van der Waals surface area (Å²) in [6, 6.07) is 29.3. The molecule has 0 atom stereocenters. The van der Waals surface area contributed by atoms with Crippen molar-refractivity contribution in [2.45, 2.75) is 24.9 Å². The van der Waals surface area contributed by atoms with Crippen molar-refractivity contribution >= 4 is 45.0 Å². The standard InChI is InChI=1S/2C9H7.C3H6.2CHF3O3S.Zr/c2*1-2-5-9-7-3-6-8(9)4-1;1-3-2;2*2-1(3,4)8(5,6)7;/h2*1-7H;1-2H3;2*(H,5,6,7);/q2*-1;;;;+2. The number of fused-ring (bicyclic) bond motifs is 2. The van der Waals surface area contributed by atoms with Crippen molar-refractivity contribution in [3.05, 3.63) is 84.9 Å². The van der Waals surface area contributed by atoms with Gasteiger partial charge in [0.2, 0.25) is 0 Å². The third-order valence-electron chi connectivity index (χ3n) is 3.68. The van der Waals surface area contributed by atoms with E-state index in [4.69, 9.17) is 25.9 Å². The molecule has 2 N–H and O–H groups in total. The summed E-state index contributed by atoms with van der Waals surface area (Å²) in [6.45, 7) is 4.25. The van der Waals surface area contributed by atoms with E-state index in [1.165, 1.54) is 24.8 Å². The number of halogens is 6. The summed E-state index contributed by atoms with van der Waals surface area (Å²) in [5, 5.41) is 5.32. The fourth-order valence-electron chi connectivity index (χ4n) is 2.14. The second kappa shape index (κ2) is 15.4. The predicted octanol–water partition coefficient (Wildman–Crippen LogP) is 6.65. The Morgan fingerprint density at radius 2 is 0.895 bits per heavy atom. The first-order valence-electron chi connectivity index (χ1n) is 9.97. The van der Waals surface area contributed by atoms with Crippen LogP contribution in [0.1, 0.15) is 13.8 Å². The van der Waals surface area contributed by atoms with E-state index >= 15 is 0 Å². The van der Waals surface area contributed by atoms with Crippen molar-refractivity contribution in [2.24, 2.45) is 0 Å². The molecule has 38 heavy (non-hydrogen) atoms. The van der Waals surface area contributed by atoms with Crippen LogP contribution >= 0.6 is 0 Å². The van der Waals surface area contributed by atoms with Crippen LogP contribution in [0.5, 0.6) is 0 Å². The van der Waals surface area contributed by atoms with E-state index in [0.717, 1.165) is 0 Å². The van der Waals surface area contributed by atoms with Gasteiger partial charge in [0.05, 0.1) is 0 Å². The average molecular weight is 664 g/mol.